The first-order valence-corrected chi connectivity index (χ1v) is 13.9. The molecule has 0 N–H and O–H groups in total. The van der Waals surface area contributed by atoms with Crippen LogP contribution < -0.4 is 0 Å². The molecule has 202 valence electrons. The van der Waals surface area contributed by atoms with Gasteiger partial charge in [0.05, 0.1) is 5.39 Å². The molecule has 0 spiro atoms. The molecule has 0 saturated heterocycles. The summed E-state index contributed by atoms with van der Waals surface area (Å²) in [5.41, 5.74) is 8.33. The lowest BCUT2D eigenvalue weighted by atomic mass is 10.0. The second-order valence-corrected chi connectivity index (χ2v) is 10.1. The van der Waals surface area contributed by atoms with Gasteiger partial charge in [0.1, 0.15) is 17.5 Å². The fourth-order valence-corrected chi connectivity index (χ4v) is 5.17. The summed E-state index contributed by atoms with van der Waals surface area (Å²) >= 11 is 0. The summed E-state index contributed by atoms with van der Waals surface area (Å²) in [7, 11) is 0. The van der Waals surface area contributed by atoms with Crippen molar-refractivity contribution in [1.29, 1.82) is 0 Å². The Bertz CT molecular complexity index is 2160. The third-order valence-corrected chi connectivity index (χ3v) is 7.33. The molecule has 0 aliphatic carbocycles. The number of benzene rings is 4. The lowest BCUT2D eigenvalue weighted by Gasteiger charge is -2.09. The fraction of sp³-hybridized carbons (Fsp3) is 0. The second-order valence-electron chi connectivity index (χ2n) is 10.1. The summed E-state index contributed by atoms with van der Waals surface area (Å²) in [5, 5.41) is 0.841. The third kappa shape index (κ3) is 4.59. The monoisotopic (exact) mass is 554 g/mol. The van der Waals surface area contributed by atoms with E-state index in [2.05, 4.69) is 33.2 Å². The zero-order valence-electron chi connectivity index (χ0n) is 22.8. The highest BCUT2D eigenvalue weighted by atomic mass is 16.3. The summed E-state index contributed by atoms with van der Waals surface area (Å²) in [4.78, 5) is 28.1. The number of hydrogen-bond donors (Lipinski definition) is 0. The minimum Gasteiger partial charge on any atom is -0.434 e. The Kier molecular flexibility index (Phi) is 5.97. The van der Waals surface area contributed by atoms with E-state index >= 15 is 0 Å². The molecule has 4 aromatic heterocycles. The van der Waals surface area contributed by atoms with Gasteiger partial charge in [0.25, 0.3) is 0 Å². The van der Waals surface area contributed by atoms with Crippen molar-refractivity contribution in [3.8, 4) is 56.5 Å². The quantitative estimate of drug-likeness (QED) is 0.211. The molecule has 4 heterocycles. The maximum absolute atomic E-state index is 6.14. The van der Waals surface area contributed by atoms with Gasteiger partial charge in [0.2, 0.25) is 5.71 Å². The Morgan fingerprint density at radius 2 is 0.953 bits per heavy atom. The Morgan fingerprint density at radius 3 is 1.53 bits per heavy atom. The molecular formula is C36H22N6O. The van der Waals surface area contributed by atoms with E-state index < -0.39 is 0 Å². The van der Waals surface area contributed by atoms with E-state index in [0.29, 0.717) is 28.8 Å². The van der Waals surface area contributed by atoms with Crippen molar-refractivity contribution in [2.75, 3.05) is 0 Å². The van der Waals surface area contributed by atoms with E-state index in [0.717, 1.165) is 50.0 Å². The second kappa shape index (κ2) is 10.4. The number of furan rings is 1. The molecule has 7 heteroatoms. The van der Waals surface area contributed by atoms with Gasteiger partial charge >= 0.3 is 0 Å². The van der Waals surface area contributed by atoms with E-state index in [4.69, 9.17) is 19.4 Å². The number of hydrogen-bond acceptors (Lipinski definition) is 7. The molecule has 8 rings (SSSR count). The van der Waals surface area contributed by atoms with Gasteiger partial charge in [-0.15, -0.1) is 0 Å². The van der Waals surface area contributed by atoms with Gasteiger partial charge < -0.3 is 4.42 Å². The maximum atomic E-state index is 6.14. The van der Waals surface area contributed by atoms with Crippen LogP contribution in [-0.4, -0.2) is 29.9 Å². The van der Waals surface area contributed by atoms with E-state index in [1.165, 1.54) is 0 Å². The van der Waals surface area contributed by atoms with Crippen molar-refractivity contribution in [3.05, 3.63) is 134 Å². The summed E-state index contributed by atoms with van der Waals surface area (Å²) in [6.07, 6.45) is 3.39. The van der Waals surface area contributed by atoms with Crippen molar-refractivity contribution in [2.45, 2.75) is 0 Å². The van der Waals surface area contributed by atoms with Crippen LogP contribution in [0.25, 0.3) is 78.7 Å². The number of fused-ring (bicyclic) bond motifs is 3. The number of aromatic nitrogens is 6. The molecule has 0 radical (unpaired) electrons. The highest BCUT2D eigenvalue weighted by molar-refractivity contribution is 6.06. The van der Waals surface area contributed by atoms with Crippen LogP contribution in [0.5, 0.6) is 0 Å². The first-order valence-electron chi connectivity index (χ1n) is 13.9. The molecule has 0 aliphatic rings. The number of rotatable bonds is 5. The van der Waals surface area contributed by atoms with Crippen molar-refractivity contribution in [3.63, 3.8) is 0 Å². The Hall–Kier alpha value is -6.08. The lowest BCUT2D eigenvalue weighted by Crippen LogP contribution is -2.00. The predicted molar refractivity (Wildman–Crippen MR) is 168 cm³/mol. The van der Waals surface area contributed by atoms with Crippen LogP contribution in [0.3, 0.4) is 0 Å². The summed E-state index contributed by atoms with van der Waals surface area (Å²) in [5.74, 6) is 1.87. The Labute approximate surface area is 246 Å². The van der Waals surface area contributed by atoms with Crippen LogP contribution in [0.15, 0.2) is 138 Å². The molecule has 0 aliphatic heterocycles. The van der Waals surface area contributed by atoms with Crippen LogP contribution in [0.2, 0.25) is 0 Å². The maximum Gasteiger partial charge on any atom is 0.229 e. The first-order chi connectivity index (χ1) is 21.3. The molecule has 4 aromatic carbocycles. The summed E-state index contributed by atoms with van der Waals surface area (Å²) < 4.78 is 6.14. The summed E-state index contributed by atoms with van der Waals surface area (Å²) in [6, 6.07) is 40.1. The molecule has 8 aromatic rings. The van der Waals surface area contributed by atoms with Crippen LogP contribution in [0.4, 0.5) is 0 Å². The molecule has 0 atom stereocenters. The zero-order chi connectivity index (χ0) is 28.6. The van der Waals surface area contributed by atoms with Gasteiger partial charge in [-0.25, -0.2) is 29.9 Å². The largest absolute Gasteiger partial charge is 0.434 e. The van der Waals surface area contributed by atoms with Crippen molar-refractivity contribution >= 4 is 22.2 Å². The van der Waals surface area contributed by atoms with Gasteiger partial charge in [0, 0.05) is 34.0 Å². The normalized spacial score (nSPS) is 11.3. The number of pyridine rings is 1. The molecule has 0 fully saturated rings. The van der Waals surface area contributed by atoms with E-state index in [1.807, 2.05) is 109 Å². The molecule has 7 nitrogen and oxygen atoms in total. The van der Waals surface area contributed by atoms with E-state index in [9.17, 15) is 0 Å². The first kappa shape index (κ1) is 24.7. The third-order valence-electron chi connectivity index (χ3n) is 7.33. The smallest absolute Gasteiger partial charge is 0.229 e. The molecule has 0 saturated carbocycles. The average Bonchev–Trinajstić information content (AvgIpc) is 3.47. The van der Waals surface area contributed by atoms with Gasteiger partial charge in [-0.3, -0.25) is 0 Å². The molecule has 43 heavy (non-hydrogen) atoms. The van der Waals surface area contributed by atoms with Crippen LogP contribution in [0, 0.1) is 0 Å². The standard InChI is InChI=1S/C36H22N6O/c1-4-10-24(11-5-1)30-32-31(39-22-38-30)29-20-28(21-37-36(29)43-32)23-16-18-27(19-17-23)35-41-33(25-12-6-2-7-13-25)40-34(42-35)26-14-8-3-9-15-26/h1-22H. The van der Waals surface area contributed by atoms with Gasteiger partial charge in [-0.2, -0.15) is 0 Å². The van der Waals surface area contributed by atoms with Crippen LogP contribution >= 0.6 is 0 Å². The van der Waals surface area contributed by atoms with Gasteiger partial charge in [0.15, 0.2) is 23.1 Å². The summed E-state index contributed by atoms with van der Waals surface area (Å²) in [6.45, 7) is 0. The zero-order valence-corrected chi connectivity index (χ0v) is 22.8. The van der Waals surface area contributed by atoms with E-state index in [1.54, 1.807) is 6.33 Å². The molecule has 0 amide bonds. The topological polar surface area (TPSA) is 90.5 Å². The van der Waals surface area contributed by atoms with Crippen molar-refractivity contribution in [1.82, 2.24) is 29.9 Å². The SMILES string of the molecule is c1ccc(-c2nc(-c3ccccc3)nc(-c3ccc(-c4cnc5oc6c(-c7ccccc7)ncnc6c5c4)cc3)n2)cc1. The Balaban J connectivity index is 1.18. The fourth-order valence-electron chi connectivity index (χ4n) is 5.17. The van der Waals surface area contributed by atoms with Crippen LogP contribution in [0.1, 0.15) is 0 Å². The van der Waals surface area contributed by atoms with Crippen molar-refractivity contribution in [2.24, 2.45) is 0 Å². The average molecular weight is 555 g/mol. The highest BCUT2D eigenvalue weighted by Crippen LogP contribution is 2.34. The Morgan fingerprint density at radius 1 is 0.442 bits per heavy atom. The predicted octanol–water partition coefficient (Wildman–Crippen LogP) is 8.29. The van der Waals surface area contributed by atoms with E-state index in [-0.39, 0.29) is 0 Å². The minimum absolute atomic E-state index is 0.528. The lowest BCUT2D eigenvalue weighted by molar-refractivity contribution is 0.652. The van der Waals surface area contributed by atoms with Gasteiger partial charge in [-0.1, -0.05) is 115 Å². The molecule has 0 bridgehead atoms. The van der Waals surface area contributed by atoms with Crippen molar-refractivity contribution < 1.29 is 4.42 Å². The number of nitrogens with zero attached hydrogens (tertiary/aromatic N) is 6. The molecule has 0 unspecified atom stereocenters. The van der Waals surface area contributed by atoms with Gasteiger partial charge in [-0.05, 0) is 11.6 Å². The minimum atomic E-state index is 0.528. The highest BCUT2D eigenvalue weighted by Gasteiger charge is 2.17. The van der Waals surface area contributed by atoms with Crippen LogP contribution in [-0.2, 0) is 0 Å². The molecular weight excluding hydrogens is 532 g/mol.